The number of nitrogens with zero attached hydrogens (tertiary/aromatic N) is 1. The molecule has 1 N–H and O–H groups in total. The Balaban J connectivity index is 1.49. The van der Waals surface area contributed by atoms with Gasteiger partial charge in [0.2, 0.25) is 5.91 Å². The quantitative estimate of drug-likeness (QED) is 0.0598. The monoisotopic (exact) mass is 540 g/mol. The summed E-state index contributed by atoms with van der Waals surface area (Å²) in [5, 5.41) is 4.60. The van der Waals surface area contributed by atoms with E-state index in [1.54, 1.807) is 48.7 Å². The minimum absolute atomic E-state index is 0.0822. The number of benzene rings is 2. The van der Waals surface area contributed by atoms with E-state index >= 15 is 0 Å². The SMILES string of the molecule is CCCCCCCCCCCCCCCCCC(=O)N/N=C\c1cccc(OC(=O)c2ccc(Cl)cc2)c1. The van der Waals surface area contributed by atoms with Gasteiger partial charge in [-0.3, -0.25) is 4.79 Å². The minimum Gasteiger partial charge on any atom is -0.423 e. The molecule has 0 spiro atoms. The van der Waals surface area contributed by atoms with Crippen LogP contribution in [0.25, 0.3) is 0 Å². The summed E-state index contributed by atoms with van der Waals surface area (Å²) in [4.78, 5) is 24.3. The number of ether oxygens (including phenoxy) is 1. The highest BCUT2D eigenvalue weighted by Crippen LogP contribution is 2.16. The number of halogens is 1. The number of hydrazone groups is 1. The summed E-state index contributed by atoms with van der Waals surface area (Å²) in [6, 6.07) is 13.5. The third kappa shape index (κ3) is 14.9. The lowest BCUT2D eigenvalue weighted by molar-refractivity contribution is -0.121. The lowest BCUT2D eigenvalue weighted by Gasteiger charge is -2.05. The van der Waals surface area contributed by atoms with Crippen LogP contribution in [0.3, 0.4) is 0 Å². The van der Waals surface area contributed by atoms with E-state index in [9.17, 15) is 9.59 Å². The van der Waals surface area contributed by atoms with Crippen molar-refractivity contribution in [2.75, 3.05) is 0 Å². The van der Waals surface area contributed by atoms with E-state index in [2.05, 4.69) is 17.5 Å². The minimum atomic E-state index is -0.465. The number of nitrogens with one attached hydrogen (secondary N) is 1. The molecule has 5 nitrogen and oxygen atoms in total. The van der Waals surface area contributed by atoms with Crippen molar-refractivity contribution in [2.45, 2.75) is 110 Å². The Bertz CT molecular complexity index is 959. The van der Waals surface area contributed by atoms with Gasteiger partial charge in [-0.05, 0) is 48.4 Å². The molecule has 0 saturated carbocycles. The third-order valence-electron chi connectivity index (χ3n) is 6.56. The van der Waals surface area contributed by atoms with Gasteiger partial charge in [0.15, 0.2) is 0 Å². The molecule has 208 valence electrons. The van der Waals surface area contributed by atoms with Crippen molar-refractivity contribution in [3.63, 3.8) is 0 Å². The molecule has 0 saturated heterocycles. The molecule has 2 rings (SSSR count). The fourth-order valence-corrected chi connectivity index (χ4v) is 4.43. The molecular formula is C32H45ClN2O3. The Morgan fingerprint density at radius 3 is 1.92 bits per heavy atom. The molecule has 1 amide bonds. The van der Waals surface area contributed by atoms with Crippen LogP contribution in [0.2, 0.25) is 5.02 Å². The van der Waals surface area contributed by atoms with Crippen LogP contribution < -0.4 is 10.2 Å². The number of hydrogen-bond donors (Lipinski definition) is 1. The van der Waals surface area contributed by atoms with Gasteiger partial charge in [0.1, 0.15) is 5.75 Å². The van der Waals surface area contributed by atoms with Crippen molar-refractivity contribution in [1.29, 1.82) is 0 Å². The summed E-state index contributed by atoms with van der Waals surface area (Å²) < 4.78 is 5.41. The van der Waals surface area contributed by atoms with E-state index in [1.165, 1.54) is 83.5 Å². The van der Waals surface area contributed by atoms with Crippen molar-refractivity contribution < 1.29 is 14.3 Å². The molecule has 0 heterocycles. The number of carbonyl (C=O) groups excluding carboxylic acids is 2. The third-order valence-corrected chi connectivity index (χ3v) is 6.81. The summed E-state index contributed by atoms with van der Waals surface area (Å²) in [6.07, 6.45) is 21.6. The smallest absolute Gasteiger partial charge is 0.343 e. The molecule has 0 bridgehead atoms. The molecule has 0 atom stereocenters. The van der Waals surface area contributed by atoms with Crippen molar-refractivity contribution in [3.05, 3.63) is 64.7 Å². The van der Waals surface area contributed by atoms with Crippen molar-refractivity contribution in [3.8, 4) is 5.75 Å². The first-order valence-electron chi connectivity index (χ1n) is 14.5. The summed E-state index contributed by atoms with van der Waals surface area (Å²) in [5.41, 5.74) is 3.72. The molecule has 2 aromatic rings. The van der Waals surface area contributed by atoms with E-state index in [0.29, 0.717) is 22.8 Å². The molecule has 0 fully saturated rings. The summed E-state index contributed by atoms with van der Waals surface area (Å²) in [7, 11) is 0. The lowest BCUT2D eigenvalue weighted by Crippen LogP contribution is -2.16. The Morgan fingerprint density at radius 2 is 1.34 bits per heavy atom. The fourth-order valence-electron chi connectivity index (χ4n) is 4.30. The van der Waals surface area contributed by atoms with Crippen LogP contribution in [0.1, 0.15) is 126 Å². The largest absolute Gasteiger partial charge is 0.423 e. The van der Waals surface area contributed by atoms with Gasteiger partial charge in [0.05, 0.1) is 11.8 Å². The Morgan fingerprint density at radius 1 is 0.789 bits per heavy atom. The molecule has 0 aliphatic rings. The van der Waals surface area contributed by atoms with Gasteiger partial charge in [-0.2, -0.15) is 5.10 Å². The predicted octanol–water partition coefficient (Wildman–Crippen LogP) is 9.27. The van der Waals surface area contributed by atoms with Crippen molar-refractivity contribution in [1.82, 2.24) is 5.43 Å². The zero-order valence-corrected chi connectivity index (χ0v) is 23.8. The summed E-state index contributed by atoms with van der Waals surface area (Å²) >= 11 is 5.86. The molecule has 6 heteroatoms. The molecule has 2 aromatic carbocycles. The Hall–Kier alpha value is -2.66. The van der Waals surface area contributed by atoms with Crippen LogP contribution in [0.15, 0.2) is 53.6 Å². The second-order valence-electron chi connectivity index (χ2n) is 9.96. The predicted molar refractivity (Wildman–Crippen MR) is 158 cm³/mol. The highest BCUT2D eigenvalue weighted by molar-refractivity contribution is 6.30. The molecule has 0 aliphatic heterocycles. The normalized spacial score (nSPS) is 11.1. The van der Waals surface area contributed by atoms with Crippen molar-refractivity contribution in [2.24, 2.45) is 5.10 Å². The van der Waals surface area contributed by atoms with Crippen LogP contribution in [0.4, 0.5) is 0 Å². The summed E-state index contributed by atoms with van der Waals surface area (Å²) in [6.45, 7) is 2.27. The maximum absolute atomic E-state index is 12.3. The average molecular weight is 541 g/mol. The van der Waals surface area contributed by atoms with Crippen LogP contribution >= 0.6 is 11.6 Å². The maximum Gasteiger partial charge on any atom is 0.343 e. The van der Waals surface area contributed by atoms with Gasteiger partial charge in [0, 0.05) is 11.4 Å². The van der Waals surface area contributed by atoms with Crippen molar-refractivity contribution >= 4 is 29.7 Å². The first kappa shape index (κ1) is 31.6. The molecule has 0 aromatic heterocycles. The summed E-state index contributed by atoms with van der Waals surface area (Å²) in [5.74, 6) is -0.146. The van der Waals surface area contributed by atoms with Gasteiger partial charge in [-0.25, -0.2) is 10.2 Å². The van der Waals surface area contributed by atoms with E-state index in [1.807, 2.05) is 6.07 Å². The highest BCUT2D eigenvalue weighted by Gasteiger charge is 2.08. The van der Waals surface area contributed by atoms with Crippen LogP contribution in [0, 0.1) is 0 Å². The molecule has 38 heavy (non-hydrogen) atoms. The number of hydrogen-bond acceptors (Lipinski definition) is 4. The lowest BCUT2D eigenvalue weighted by atomic mass is 10.0. The topological polar surface area (TPSA) is 67.8 Å². The van der Waals surface area contributed by atoms with E-state index in [0.717, 1.165) is 18.4 Å². The number of esters is 1. The zero-order valence-electron chi connectivity index (χ0n) is 23.1. The number of unbranched alkanes of at least 4 members (excludes halogenated alkanes) is 14. The highest BCUT2D eigenvalue weighted by atomic mass is 35.5. The van der Waals surface area contributed by atoms with Gasteiger partial charge in [0.25, 0.3) is 0 Å². The van der Waals surface area contributed by atoms with Gasteiger partial charge >= 0.3 is 5.97 Å². The second kappa shape index (κ2) is 20.3. The standard InChI is InChI=1S/C32H45ClN2O3/c1-2-3-4-5-6-7-8-9-10-11-12-13-14-15-16-20-31(36)35-34-26-27-18-17-19-30(25-27)38-32(37)28-21-23-29(33)24-22-28/h17-19,21-26H,2-16,20H2,1H3,(H,35,36)/b34-26-. The average Bonchev–Trinajstić information content (AvgIpc) is 2.91. The van der Waals surface area contributed by atoms with Crippen LogP contribution in [0.5, 0.6) is 5.75 Å². The number of carbonyl (C=O) groups is 2. The van der Waals surface area contributed by atoms with Crippen LogP contribution in [-0.4, -0.2) is 18.1 Å². The van der Waals surface area contributed by atoms with Gasteiger partial charge in [-0.15, -0.1) is 0 Å². The van der Waals surface area contributed by atoms with E-state index in [-0.39, 0.29) is 5.91 Å². The fraction of sp³-hybridized carbons (Fsp3) is 0.531. The van der Waals surface area contributed by atoms with Gasteiger partial charge in [-0.1, -0.05) is 121 Å². The number of amides is 1. The zero-order chi connectivity index (χ0) is 27.3. The number of rotatable bonds is 20. The van der Waals surface area contributed by atoms with Gasteiger partial charge < -0.3 is 4.74 Å². The van der Waals surface area contributed by atoms with E-state index < -0.39 is 5.97 Å². The Kier molecular flexibility index (Phi) is 16.9. The molecule has 0 aliphatic carbocycles. The van der Waals surface area contributed by atoms with E-state index in [4.69, 9.17) is 16.3 Å². The molecule has 0 unspecified atom stereocenters. The Labute approximate surface area is 234 Å². The second-order valence-corrected chi connectivity index (χ2v) is 10.4. The first-order chi connectivity index (χ1) is 18.6. The maximum atomic E-state index is 12.3. The molecular weight excluding hydrogens is 496 g/mol. The molecule has 0 radical (unpaired) electrons. The first-order valence-corrected chi connectivity index (χ1v) is 14.9. The van der Waals surface area contributed by atoms with Crippen LogP contribution in [-0.2, 0) is 4.79 Å².